The maximum Gasteiger partial charge on any atom is 0.407 e. The molecule has 0 bridgehead atoms. The van der Waals surface area contributed by atoms with E-state index < -0.39 is 6.09 Å². The van der Waals surface area contributed by atoms with Gasteiger partial charge in [-0.25, -0.2) is 4.79 Å². The first-order chi connectivity index (χ1) is 8.75. The van der Waals surface area contributed by atoms with Crippen LogP contribution in [0.2, 0.25) is 0 Å². The third-order valence-corrected chi connectivity index (χ3v) is 3.52. The molecule has 0 aromatic heterocycles. The molecular formula is C13H26N4O2. The van der Waals surface area contributed by atoms with Crippen molar-refractivity contribution < 1.29 is 9.53 Å². The van der Waals surface area contributed by atoms with Crippen LogP contribution in [0.5, 0.6) is 0 Å². The predicted molar refractivity (Wildman–Crippen MR) is 75.0 cm³/mol. The van der Waals surface area contributed by atoms with E-state index in [-0.39, 0.29) is 23.4 Å². The van der Waals surface area contributed by atoms with Crippen LogP contribution >= 0.6 is 0 Å². The van der Waals surface area contributed by atoms with Crippen LogP contribution in [0.4, 0.5) is 4.79 Å². The quantitative estimate of drug-likeness (QED) is 0.522. The molecule has 1 rings (SSSR count). The van der Waals surface area contributed by atoms with Gasteiger partial charge in [-0.15, -0.1) is 0 Å². The number of nitrogens with one attached hydrogen (secondary N) is 2. The fourth-order valence-corrected chi connectivity index (χ4v) is 2.63. The number of ether oxygens (including phenoxy) is 1. The minimum atomic E-state index is -0.403. The highest BCUT2D eigenvalue weighted by atomic mass is 16.6. The maximum atomic E-state index is 11.5. The largest absolute Gasteiger partial charge is 0.445 e. The molecule has 1 heterocycles. The van der Waals surface area contributed by atoms with Gasteiger partial charge in [-0.3, -0.25) is 5.41 Å². The number of alkyl carbamates (subject to hydrolysis) is 1. The summed E-state index contributed by atoms with van der Waals surface area (Å²) in [5, 5.41) is 10.0. The molecule has 110 valence electrons. The Morgan fingerprint density at radius 3 is 2.63 bits per heavy atom. The summed E-state index contributed by atoms with van der Waals surface area (Å²) < 4.78 is 5.54. The van der Waals surface area contributed by atoms with E-state index in [2.05, 4.69) is 26.1 Å². The maximum absolute atomic E-state index is 11.5. The Labute approximate surface area is 115 Å². The highest BCUT2D eigenvalue weighted by Gasteiger charge is 2.38. The standard InChI is InChI=1S/C13H26N4O2/c1-13(2,3)10(19-12(18)16-4)9-6-5-7-17(8-9)11(14)15/h9-10H,5-8H2,1-4H3,(H3,14,15)(H,16,18). The second kappa shape index (κ2) is 6.12. The van der Waals surface area contributed by atoms with Crippen LogP contribution in [0, 0.1) is 16.7 Å². The Bertz CT molecular complexity index is 338. The molecule has 1 amide bonds. The van der Waals surface area contributed by atoms with E-state index in [0.717, 1.165) is 19.4 Å². The van der Waals surface area contributed by atoms with Crippen molar-refractivity contribution in [3.8, 4) is 0 Å². The summed E-state index contributed by atoms with van der Waals surface area (Å²) in [5.41, 5.74) is 5.41. The monoisotopic (exact) mass is 270 g/mol. The average molecular weight is 270 g/mol. The fourth-order valence-electron chi connectivity index (χ4n) is 2.63. The van der Waals surface area contributed by atoms with Crippen molar-refractivity contribution in [3.05, 3.63) is 0 Å². The molecule has 6 heteroatoms. The van der Waals surface area contributed by atoms with Crippen LogP contribution < -0.4 is 11.1 Å². The molecule has 0 radical (unpaired) electrons. The summed E-state index contributed by atoms with van der Waals surface area (Å²) in [6.07, 6.45) is 1.37. The molecule has 0 aromatic rings. The smallest absolute Gasteiger partial charge is 0.407 e. The van der Waals surface area contributed by atoms with Gasteiger partial charge in [-0.05, 0) is 18.3 Å². The summed E-state index contributed by atoms with van der Waals surface area (Å²) >= 11 is 0. The van der Waals surface area contributed by atoms with E-state index in [1.165, 1.54) is 0 Å². The summed E-state index contributed by atoms with van der Waals surface area (Å²) in [6.45, 7) is 7.67. The fraction of sp³-hybridized carbons (Fsp3) is 0.846. The number of guanidine groups is 1. The molecule has 6 nitrogen and oxygen atoms in total. The van der Waals surface area contributed by atoms with Gasteiger partial charge in [0.25, 0.3) is 0 Å². The zero-order valence-corrected chi connectivity index (χ0v) is 12.3. The number of carbonyl (C=O) groups is 1. The highest BCUT2D eigenvalue weighted by molar-refractivity contribution is 5.74. The third-order valence-electron chi connectivity index (χ3n) is 3.52. The van der Waals surface area contributed by atoms with Crippen LogP contribution in [0.25, 0.3) is 0 Å². The first-order valence-electron chi connectivity index (χ1n) is 6.73. The van der Waals surface area contributed by atoms with E-state index in [1.54, 1.807) is 7.05 Å². The Balaban J connectivity index is 2.79. The summed E-state index contributed by atoms with van der Waals surface area (Å²) in [7, 11) is 1.56. The summed E-state index contributed by atoms with van der Waals surface area (Å²) in [5.74, 6) is 0.298. The van der Waals surface area contributed by atoms with Gasteiger partial charge in [0.2, 0.25) is 0 Å². The van der Waals surface area contributed by atoms with E-state index in [0.29, 0.717) is 6.54 Å². The second-order valence-electron chi connectivity index (χ2n) is 6.18. The Morgan fingerprint density at radius 1 is 1.53 bits per heavy atom. The molecule has 1 aliphatic rings. The van der Waals surface area contributed by atoms with Gasteiger partial charge in [0, 0.05) is 26.1 Å². The molecule has 0 aliphatic carbocycles. The number of nitrogens with two attached hydrogens (primary N) is 1. The lowest BCUT2D eigenvalue weighted by molar-refractivity contribution is -0.0230. The minimum Gasteiger partial charge on any atom is -0.445 e. The number of carbonyl (C=O) groups excluding carboxylic acids is 1. The van der Waals surface area contributed by atoms with Gasteiger partial charge in [0.1, 0.15) is 6.10 Å². The first kappa shape index (κ1) is 15.6. The zero-order valence-electron chi connectivity index (χ0n) is 12.3. The number of hydrogen-bond acceptors (Lipinski definition) is 3. The molecule has 4 N–H and O–H groups in total. The van der Waals surface area contributed by atoms with Crippen molar-refractivity contribution >= 4 is 12.1 Å². The molecule has 1 fully saturated rings. The molecule has 0 spiro atoms. The number of nitrogens with zero attached hydrogens (tertiary/aromatic N) is 1. The van der Waals surface area contributed by atoms with Crippen LogP contribution in [0.15, 0.2) is 0 Å². The highest BCUT2D eigenvalue weighted by Crippen LogP contribution is 2.33. The Morgan fingerprint density at radius 2 is 2.16 bits per heavy atom. The van der Waals surface area contributed by atoms with Crippen LogP contribution in [-0.4, -0.2) is 43.2 Å². The molecule has 2 unspecified atom stereocenters. The molecule has 0 aromatic carbocycles. The van der Waals surface area contributed by atoms with Crippen molar-refractivity contribution in [1.82, 2.24) is 10.2 Å². The topological polar surface area (TPSA) is 91.4 Å². The van der Waals surface area contributed by atoms with E-state index >= 15 is 0 Å². The van der Waals surface area contributed by atoms with Crippen molar-refractivity contribution in [2.24, 2.45) is 17.1 Å². The lowest BCUT2D eigenvalue weighted by Gasteiger charge is -2.41. The normalized spacial score (nSPS) is 21.7. The first-order valence-corrected chi connectivity index (χ1v) is 6.73. The van der Waals surface area contributed by atoms with Gasteiger partial charge in [0.05, 0.1) is 0 Å². The van der Waals surface area contributed by atoms with Crippen LogP contribution in [0.3, 0.4) is 0 Å². The number of amides is 1. The number of piperidine rings is 1. The zero-order chi connectivity index (χ0) is 14.6. The number of hydrogen-bond donors (Lipinski definition) is 3. The van der Waals surface area contributed by atoms with E-state index in [1.807, 2.05) is 4.90 Å². The van der Waals surface area contributed by atoms with Crippen molar-refractivity contribution in [3.63, 3.8) is 0 Å². The molecule has 1 aliphatic heterocycles. The van der Waals surface area contributed by atoms with Crippen molar-refractivity contribution in [2.45, 2.75) is 39.7 Å². The van der Waals surface area contributed by atoms with Crippen molar-refractivity contribution in [1.29, 1.82) is 5.41 Å². The molecule has 2 atom stereocenters. The lowest BCUT2D eigenvalue weighted by Crippen LogP contribution is -2.50. The Kier molecular flexibility index (Phi) is 5.03. The van der Waals surface area contributed by atoms with Gasteiger partial charge in [-0.1, -0.05) is 20.8 Å². The molecule has 1 saturated heterocycles. The van der Waals surface area contributed by atoms with E-state index in [9.17, 15) is 4.79 Å². The molecular weight excluding hydrogens is 244 g/mol. The van der Waals surface area contributed by atoms with Gasteiger partial charge < -0.3 is 20.7 Å². The second-order valence-corrected chi connectivity index (χ2v) is 6.18. The average Bonchev–Trinajstić information content (AvgIpc) is 2.34. The van der Waals surface area contributed by atoms with E-state index in [4.69, 9.17) is 15.9 Å². The van der Waals surface area contributed by atoms with Crippen LogP contribution in [0.1, 0.15) is 33.6 Å². The number of likely N-dealkylation sites (tertiary alicyclic amines) is 1. The minimum absolute atomic E-state index is 0.0947. The van der Waals surface area contributed by atoms with Gasteiger partial charge in [0.15, 0.2) is 5.96 Å². The summed E-state index contributed by atoms with van der Waals surface area (Å²) in [4.78, 5) is 13.4. The summed E-state index contributed by atoms with van der Waals surface area (Å²) in [6, 6.07) is 0. The van der Waals surface area contributed by atoms with Gasteiger partial charge in [-0.2, -0.15) is 0 Å². The number of rotatable bonds is 2. The van der Waals surface area contributed by atoms with Crippen molar-refractivity contribution in [2.75, 3.05) is 20.1 Å². The van der Waals surface area contributed by atoms with Crippen LogP contribution in [-0.2, 0) is 4.74 Å². The molecule has 0 saturated carbocycles. The third kappa shape index (κ3) is 4.29. The van der Waals surface area contributed by atoms with Gasteiger partial charge >= 0.3 is 6.09 Å². The SMILES string of the molecule is CNC(=O)OC(C1CCCN(C(=N)N)C1)C(C)(C)C. The lowest BCUT2D eigenvalue weighted by atomic mass is 9.78. The molecule has 19 heavy (non-hydrogen) atoms. The predicted octanol–water partition coefficient (Wildman–Crippen LogP) is 1.36. The Hall–Kier alpha value is -1.46.